The second-order valence-corrected chi connectivity index (χ2v) is 5.20. The van der Waals surface area contributed by atoms with Crippen LogP contribution in [-0.4, -0.2) is 26.3 Å². The van der Waals surface area contributed by atoms with Crippen LogP contribution in [-0.2, 0) is 13.0 Å². The van der Waals surface area contributed by atoms with E-state index in [4.69, 9.17) is 4.74 Å². The SMILES string of the molecule is COc1cccc(CCNC(=O)NCc2ccccc2OC(F)F)c1. The molecule has 0 atom stereocenters. The fourth-order valence-corrected chi connectivity index (χ4v) is 2.25. The molecule has 0 aliphatic heterocycles. The Labute approximate surface area is 144 Å². The van der Waals surface area contributed by atoms with Crippen molar-refractivity contribution in [2.45, 2.75) is 19.6 Å². The average Bonchev–Trinajstić information content (AvgIpc) is 2.61. The molecule has 0 aromatic heterocycles. The summed E-state index contributed by atoms with van der Waals surface area (Å²) in [5.74, 6) is 0.812. The highest BCUT2D eigenvalue weighted by molar-refractivity contribution is 5.73. The molecule has 25 heavy (non-hydrogen) atoms. The zero-order chi connectivity index (χ0) is 18.1. The Bertz CT molecular complexity index is 696. The highest BCUT2D eigenvalue weighted by Crippen LogP contribution is 2.19. The molecule has 2 aromatic rings. The summed E-state index contributed by atoms with van der Waals surface area (Å²) in [6.07, 6.45) is 0.649. The summed E-state index contributed by atoms with van der Waals surface area (Å²) in [5, 5.41) is 5.34. The normalized spacial score (nSPS) is 10.4. The van der Waals surface area contributed by atoms with Crippen molar-refractivity contribution < 1.29 is 23.0 Å². The van der Waals surface area contributed by atoms with Crippen LogP contribution < -0.4 is 20.1 Å². The minimum Gasteiger partial charge on any atom is -0.497 e. The van der Waals surface area contributed by atoms with Gasteiger partial charge in [-0.3, -0.25) is 0 Å². The Balaban J connectivity index is 1.77. The first kappa shape index (κ1) is 18.5. The van der Waals surface area contributed by atoms with Crippen LogP contribution in [0, 0.1) is 0 Å². The van der Waals surface area contributed by atoms with E-state index < -0.39 is 6.61 Å². The number of hydrogen-bond donors (Lipinski definition) is 2. The lowest BCUT2D eigenvalue weighted by Crippen LogP contribution is -2.36. The number of benzene rings is 2. The van der Waals surface area contributed by atoms with Gasteiger partial charge in [-0.1, -0.05) is 30.3 Å². The summed E-state index contributed by atoms with van der Waals surface area (Å²) in [4.78, 5) is 11.8. The topological polar surface area (TPSA) is 59.6 Å². The van der Waals surface area contributed by atoms with Crippen LogP contribution in [0.2, 0.25) is 0 Å². The number of rotatable bonds is 8. The number of carbonyl (C=O) groups excluding carboxylic acids is 1. The van der Waals surface area contributed by atoms with Gasteiger partial charge in [0.05, 0.1) is 7.11 Å². The number of ether oxygens (including phenoxy) is 2. The van der Waals surface area contributed by atoms with Crippen molar-refractivity contribution in [3.63, 3.8) is 0 Å². The molecule has 2 aromatic carbocycles. The van der Waals surface area contributed by atoms with E-state index in [2.05, 4.69) is 15.4 Å². The maximum absolute atomic E-state index is 12.4. The maximum Gasteiger partial charge on any atom is 0.387 e. The monoisotopic (exact) mass is 350 g/mol. The lowest BCUT2D eigenvalue weighted by Gasteiger charge is -2.12. The van der Waals surface area contributed by atoms with Crippen molar-refractivity contribution >= 4 is 6.03 Å². The summed E-state index contributed by atoms with van der Waals surface area (Å²) < 4.78 is 34.3. The molecule has 2 amide bonds. The van der Waals surface area contributed by atoms with E-state index in [-0.39, 0.29) is 18.3 Å². The minimum atomic E-state index is -2.90. The number of para-hydroxylation sites is 1. The first-order valence-corrected chi connectivity index (χ1v) is 7.76. The van der Waals surface area contributed by atoms with Gasteiger partial charge in [-0.25, -0.2) is 4.79 Å². The smallest absolute Gasteiger partial charge is 0.387 e. The van der Waals surface area contributed by atoms with E-state index >= 15 is 0 Å². The Hall–Kier alpha value is -2.83. The molecule has 0 heterocycles. The van der Waals surface area contributed by atoms with Crippen molar-refractivity contribution in [1.29, 1.82) is 0 Å². The van der Waals surface area contributed by atoms with Gasteiger partial charge < -0.3 is 20.1 Å². The molecule has 0 aliphatic carbocycles. The summed E-state index contributed by atoms with van der Waals surface area (Å²) in [6.45, 7) is -2.37. The fraction of sp³-hybridized carbons (Fsp3) is 0.278. The third-order valence-electron chi connectivity index (χ3n) is 3.46. The molecule has 2 N–H and O–H groups in total. The molecule has 5 nitrogen and oxygen atoms in total. The molecule has 0 spiro atoms. The predicted molar refractivity (Wildman–Crippen MR) is 90.0 cm³/mol. The summed E-state index contributed by atoms with van der Waals surface area (Å²) in [7, 11) is 1.60. The van der Waals surface area contributed by atoms with Crippen LogP contribution in [0.3, 0.4) is 0 Å². The highest BCUT2D eigenvalue weighted by atomic mass is 19.3. The van der Waals surface area contributed by atoms with Gasteiger partial charge in [-0.15, -0.1) is 0 Å². The lowest BCUT2D eigenvalue weighted by molar-refractivity contribution is -0.0504. The number of halogens is 2. The molecule has 0 unspecified atom stereocenters. The Morgan fingerprint density at radius 2 is 1.92 bits per heavy atom. The van der Waals surface area contributed by atoms with Gasteiger partial charge in [-0.2, -0.15) is 8.78 Å². The number of urea groups is 1. The van der Waals surface area contributed by atoms with Crippen molar-refractivity contribution in [3.8, 4) is 11.5 Å². The van der Waals surface area contributed by atoms with Crippen LogP contribution >= 0.6 is 0 Å². The Morgan fingerprint density at radius 3 is 2.68 bits per heavy atom. The number of methoxy groups -OCH3 is 1. The van der Waals surface area contributed by atoms with E-state index in [1.807, 2.05) is 24.3 Å². The van der Waals surface area contributed by atoms with Crippen molar-refractivity contribution in [1.82, 2.24) is 10.6 Å². The van der Waals surface area contributed by atoms with Crippen LogP contribution in [0.15, 0.2) is 48.5 Å². The summed E-state index contributed by atoms with van der Waals surface area (Å²) in [5.41, 5.74) is 1.51. The highest BCUT2D eigenvalue weighted by Gasteiger charge is 2.09. The molecular weight excluding hydrogens is 330 g/mol. The first-order valence-electron chi connectivity index (χ1n) is 7.76. The predicted octanol–water partition coefficient (Wildman–Crippen LogP) is 3.34. The Morgan fingerprint density at radius 1 is 1.12 bits per heavy atom. The molecule has 0 bridgehead atoms. The van der Waals surface area contributed by atoms with E-state index in [0.717, 1.165) is 11.3 Å². The number of nitrogens with one attached hydrogen (secondary N) is 2. The van der Waals surface area contributed by atoms with Crippen molar-refractivity contribution in [2.75, 3.05) is 13.7 Å². The van der Waals surface area contributed by atoms with Crippen LogP contribution in [0.4, 0.5) is 13.6 Å². The zero-order valence-corrected chi connectivity index (χ0v) is 13.8. The Kier molecular flexibility index (Phi) is 7.00. The van der Waals surface area contributed by atoms with Gasteiger partial charge in [0.25, 0.3) is 0 Å². The fourth-order valence-electron chi connectivity index (χ4n) is 2.25. The third-order valence-corrected chi connectivity index (χ3v) is 3.46. The molecule has 7 heteroatoms. The minimum absolute atomic E-state index is 0.0502. The van der Waals surface area contributed by atoms with Crippen molar-refractivity contribution in [3.05, 3.63) is 59.7 Å². The molecule has 0 aliphatic rings. The summed E-state index contributed by atoms with van der Waals surface area (Å²) in [6, 6.07) is 13.5. The van der Waals surface area contributed by atoms with Gasteiger partial charge in [0.2, 0.25) is 0 Å². The van der Waals surface area contributed by atoms with Crippen LogP contribution in [0.1, 0.15) is 11.1 Å². The van der Waals surface area contributed by atoms with Gasteiger partial charge in [0.15, 0.2) is 0 Å². The third kappa shape index (κ3) is 6.29. The molecular formula is C18H20F2N2O3. The van der Waals surface area contributed by atoms with Crippen molar-refractivity contribution in [2.24, 2.45) is 0 Å². The molecule has 0 saturated carbocycles. The molecule has 0 saturated heterocycles. The van der Waals surface area contributed by atoms with Crippen LogP contribution in [0.25, 0.3) is 0 Å². The number of hydrogen-bond acceptors (Lipinski definition) is 3. The van der Waals surface area contributed by atoms with Gasteiger partial charge >= 0.3 is 12.6 Å². The number of amides is 2. The summed E-state index contributed by atoms with van der Waals surface area (Å²) >= 11 is 0. The van der Waals surface area contributed by atoms with E-state index in [1.54, 1.807) is 25.3 Å². The molecule has 134 valence electrons. The quantitative estimate of drug-likeness (QED) is 0.768. The largest absolute Gasteiger partial charge is 0.497 e. The molecule has 0 fully saturated rings. The van der Waals surface area contributed by atoms with Gasteiger partial charge in [0, 0.05) is 18.7 Å². The van der Waals surface area contributed by atoms with Gasteiger partial charge in [-0.05, 0) is 30.2 Å². The second-order valence-electron chi connectivity index (χ2n) is 5.20. The van der Waals surface area contributed by atoms with E-state index in [0.29, 0.717) is 18.5 Å². The van der Waals surface area contributed by atoms with E-state index in [1.165, 1.54) is 6.07 Å². The zero-order valence-electron chi connectivity index (χ0n) is 13.8. The average molecular weight is 350 g/mol. The number of carbonyl (C=O) groups is 1. The van der Waals surface area contributed by atoms with Crippen LogP contribution in [0.5, 0.6) is 11.5 Å². The standard InChI is InChI=1S/C18H20F2N2O3/c1-24-15-7-4-5-13(11-15)9-10-21-18(23)22-12-14-6-2-3-8-16(14)25-17(19)20/h2-8,11,17H,9-10,12H2,1H3,(H2,21,22,23). The number of alkyl halides is 2. The second kappa shape index (κ2) is 9.46. The molecule has 2 rings (SSSR count). The molecule has 0 radical (unpaired) electrons. The van der Waals surface area contributed by atoms with Gasteiger partial charge in [0.1, 0.15) is 11.5 Å². The van der Waals surface area contributed by atoms with E-state index in [9.17, 15) is 13.6 Å². The lowest BCUT2D eigenvalue weighted by atomic mass is 10.1. The maximum atomic E-state index is 12.4. The first-order chi connectivity index (χ1) is 12.1.